The Hall–Kier alpha value is -1.72. The van der Waals surface area contributed by atoms with E-state index in [1.165, 1.54) is 43.0 Å². The molecule has 0 saturated carbocycles. The van der Waals surface area contributed by atoms with Gasteiger partial charge in [-0.3, -0.25) is 4.79 Å². The molecule has 2 aliphatic rings. The summed E-state index contributed by atoms with van der Waals surface area (Å²) in [5.41, 5.74) is 0.816. The third-order valence-corrected chi connectivity index (χ3v) is 5.87. The van der Waals surface area contributed by atoms with Crippen molar-refractivity contribution in [2.24, 2.45) is 5.92 Å². The predicted octanol–water partition coefficient (Wildman–Crippen LogP) is 3.38. The Bertz CT molecular complexity index is 717. The molecule has 0 aliphatic carbocycles. The van der Waals surface area contributed by atoms with Crippen molar-refractivity contribution < 1.29 is 9.18 Å². The van der Waals surface area contributed by atoms with Crippen LogP contribution in [0.5, 0.6) is 0 Å². The summed E-state index contributed by atoms with van der Waals surface area (Å²) in [5, 5.41) is 3.17. The number of nitrogens with zero attached hydrogens (tertiary/aromatic N) is 1. The average Bonchev–Trinajstić information content (AvgIpc) is 3.14. The molecule has 1 aromatic heterocycles. The van der Waals surface area contributed by atoms with Gasteiger partial charge in [0.2, 0.25) is 0 Å². The maximum atomic E-state index is 13.3. The van der Waals surface area contributed by atoms with Gasteiger partial charge in [-0.1, -0.05) is 12.1 Å². The van der Waals surface area contributed by atoms with E-state index >= 15 is 0 Å². The lowest BCUT2D eigenvalue weighted by Gasteiger charge is -2.30. The van der Waals surface area contributed by atoms with Crippen LogP contribution in [0.2, 0.25) is 0 Å². The molecule has 2 fully saturated rings. The quantitative estimate of drug-likeness (QED) is 0.936. The molecule has 4 rings (SSSR count). The van der Waals surface area contributed by atoms with E-state index in [1.807, 2.05) is 18.2 Å². The minimum Gasteiger partial charge on any atom is -0.347 e. The number of halogens is 1. The number of carbonyl (C=O) groups is 1. The summed E-state index contributed by atoms with van der Waals surface area (Å²) in [4.78, 5) is 16.5. The summed E-state index contributed by atoms with van der Waals surface area (Å²) < 4.78 is 13.3. The van der Waals surface area contributed by atoms with Crippen molar-refractivity contribution in [3.8, 4) is 10.4 Å². The first-order valence-electron chi connectivity index (χ1n) is 8.06. The molecule has 1 N–H and O–H groups in total. The highest BCUT2D eigenvalue weighted by Gasteiger charge is 2.33. The van der Waals surface area contributed by atoms with E-state index in [4.69, 9.17) is 0 Å². The van der Waals surface area contributed by atoms with Gasteiger partial charge in [0.25, 0.3) is 5.91 Å². The normalized spacial score (nSPS) is 26.2. The summed E-state index contributed by atoms with van der Waals surface area (Å²) in [7, 11) is 0. The third-order valence-electron chi connectivity index (χ3n) is 4.74. The van der Waals surface area contributed by atoms with Crippen molar-refractivity contribution in [2.75, 3.05) is 19.6 Å². The van der Waals surface area contributed by atoms with Crippen molar-refractivity contribution in [3.05, 3.63) is 47.1 Å². The van der Waals surface area contributed by atoms with Crippen molar-refractivity contribution in [1.29, 1.82) is 0 Å². The minimum absolute atomic E-state index is 0.00912. The van der Waals surface area contributed by atoms with Gasteiger partial charge >= 0.3 is 0 Å². The van der Waals surface area contributed by atoms with Gasteiger partial charge in [-0.2, -0.15) is 0 Å². The number of nitrogens with one attached hydrogen (secondary N) is 1. The smallest absolute Gasteiger partial charge is 0.261 e. The Morgan fingerprint density at radius 2 is 2.17 bits per heavy atom. The number of amides is 1. The van der Waals surface area contributed by atoms with Gasteiger partial charge < -0.3 is 10.2 Å². The van der Waals surface area contributed by atoms with Crippen molar-refractivity contribution in [2.45, 2.75) is 18.9 Å². The SMILES string of the molecule is O=C(N[C@@H]1C[C@H]2CCN(C2)C1)c1ccc(-c2cccc(F)c2)s1. The number of carbonyl (C=O) groups excluding carboxylic acids is 1. The second kappa shape index (κ2) is 6.06. The van der Waals surface area contributed by atoms with Gasteiger partial charge in [0.05, 0.1) is 4.88 Å². The van der Waals surface area contributed by atoms with Gasteiger partial charge in [0.15, 0.2) is 0 Å². The Balaban J connectivity index is 1.45. The minimum atomic E-state index is -0.256. The summed E-state index contributed by atoms with van der Waals surface area (Å²) in [6, 6.07) is 10.5. The van der Waals surface area contributed by atoms with E-state index in [0.717, 1.165) is 29.3 Å². The number of rotatable bonds is 3. The number of fused-ring (bicyclic) bond motifs is 2. The van der Waals surface area contributed by atoms with Gasteiger partial charge in [0.1, 0.15) is 5.82 Å². The van der Waals surface area contributed by atoms with Gasteiger partial charge in [0, 0.05) is 24.0 Å². The maximum absolute atomic E-state index is 13.3. The van der Waals surface area contributed by atoms with Gasteiger partial charge in [-0.25, -0.2) is 4.39 Å². The highest BCUT2D eigenvalue weighted by Crippen LogP contribution is 2.30. The second-order valence-electron chi connectivity index (χ2n) is 6.49. The molecule has 3 heterocycles. The zero-order valence-electron chi connectivity index (χ0n) is 12.8. The molecule has 0 radical (unpaired) electrons. The zero-order valence-corrected chi connectivity index (χ0v) is 13.6. The predicted molar refractivity (Wildman–Crippen MR) is 90.1 cm³/mol. The van der Waals surface area contributed by atoms with E-state index in [-0.39, 0.29) is 17.8 Å². The molecular formula is C18H19FN2OS. The summed E-state index contributed by atoms with van der Waals surface area (Å²) in [6.07, 6.45) is 2.35. The number of hydrogen-bond donors (Lipinski definition) is 1. The maximum Gasteiger partial charge on any atom is 0.261 e. The number of hydrogen-bond acceptors (Lipinski definition) is 3. The van der Waals surface area contributed by atoms with Crippen LogP contribution in [0.1, 0.15) is 22.5 Å². The Labute approximate surface area is 139 Å². The van der Waals surface area contributed by atoms with Crippen LogP contribution in [-0.4, -0.2) is 36.5 Å². The highest BCUT2D eigenvalue weighted by atomic mass is 32.1. The average molecular weight is 330 g/mol. The molecule has 3 nitrogen and oxygen atoms in total. The van der Waals surface area contributed by atoms with Crippen LogP contribution in [0.15, 0.2) is 36.4 Å². The topological polar surface area (TPSA) is 32.3 Å². The van der Waals surface area contributed by atoms with Crippen molar-refractivity contribution >= 4 is 17.2 Å². The van der Waals surface area contributed by atoms with Crippen LogP contribution in [0, 0.1) is 11.7 Å². The summed E-state index contributed by atoms with van der Waals surface area (Å²) in [5.74, 6) is 0.471. The lowest BCUT2D eigenvalue weighted by molar-refractivity contribution is 0.0913. The first kappa shape index (κ1) is 14.8. The van der Waals surface area contributed by atoms with Crippen LogP contribution < -0.4 is 5.32 Å². The van der Waals surface area contributed by atoms with Crippen molar-refractivity contribution in [1.82, 2.24) is 10.2 Å². The van der Waals surface area contributed by atoms with E-state index < -0.39 is 0 Å². The molecular weight excluding hydrogens is 311 g/mol. The number of benzene rings is 1. The molecule has 2 bridgehead atoms. The first-order chi connectivity index (χ1) is 11.2. The monoisotopic (exact) mass is 330 g/mol. The van der Waals surface area contributed by atoms with Crippen LogP contribution in [-0.2, 0) is 0 Å². The number of piperidine rings is 1. The molecule has 5 heteroatoms. The Kier molecular flexibility index (Phi) is 3.91. The van der Waals surface area contributed by atoms with Crippen LogP contribution in [0.25, 0.3) is 10.4 Å². The second-order valence-corrected chi connectivity index (χ2v) is 7.58. The lowest BCUT2D eigenvalue weighted by Crippen LogP contribution is -2.46. The van der Waals surface area contributed by atoms with Crippen LogP contribution >= 0.6 is 11.3 Å². The molecule has 1 amide bonds. The summed E-state index contributed by atoms with van der Waals surface area (Å²) >= 11 is 1.42. The zero-order chi connectivity index (χ0) is 15.8. The molecule has 0 spiro atoms. The summed E-state index contributed by atoms with van der Waals surface area (Å²) in [6.45, 7) is 3.32. The molecule has 120 valence electrons. The first-order valence-corrected chi connectivity index (χ1v) is 8.88. The third kappa shape index (κ3) is 3.16. The lowest BCUT2D eigenvalue weighted by atomic mass is 9.97. The van der Waals surface area contributed by atoms with E-state index in [2.05, 4.69) is 10.2 Å². The van der Waals surface area contributed by atoms with Crippen LogP contribution in [0.3, 0.4) is 0 Å². The molecule has 2 saturated heterocycles. The van der Waals surface area contributed by atoms with E-state index in [1.54, 1.807) is 6.07 Å². The molecule has 2 aliphatic heterocycles. The fourth-order valence-electron chi connectivity index (χ4n) is 3.68. The number of thiophene rings is 1. The molecule has 23 heavy (non-hydrogen) atoms. The standard InChI is InChI=1S/C18H19FN2OS/c19-14-3-1-2-13(9-14)16-4-5-17(23-16)18(22)20-15-8-12-6-7-21(10-12)11-15/h1-5,9,12,15H,6-8,10-11H2,(H,20,22)/t12-,15-/m1/s1. The molecule has 3 atom stereocenters. The molecule has 1 aromatic carbocycles. The fourth-order valence-corrected chi connectivity index (χ4v) is 4.58. The van der Waals surface area contributed by atoms with Crippen molar-refractivity contribution in [3.63, 3.8) is 0 Å². The largest absolute Gasteiger partial charge is 0.347 e. The van der Waals surface area contributed by atoms with E-state index in [9.17, 15) is 9.18 Å². The Morgan fingerprint density at radius 3 is 3.00 bits per heavy atom. The molecule has 1 unspecified atom stereocenters. The highest BCUT2D eigenvalue weighted by molar-refractivity contribution is 7.17. The van der Waals surface area contributed by atoms with E-state index in [0.29, 0.717) is 4.88 Å². The van der Waals surface area contributed by atoms with Crippen LogP contribution in [0.4, 0.5) is 4.39 Å². The van der Waals surface area contributed by atoms with Gasteiger partial charge in [-0.15, -0.1) is 11.3 Å². The Morgan fingerprint density at radius 1 is 1.26 bits per heavy atom. The molecule has 2 aromatic rings. The fraction of sp³-hybridized carbons (Fsp3) is 0.389. The van der Waals surface area contributed by atoms with Gasteiger partial charge in [-0.05, 0) is 55.1 Å².